The van der Waals surface area contributed by atoms with Gasteiger partial charge in [0.15, 0.2) is 5.76 Å². The number of esters is 1. The summed E-state index contributed by atoms with van der Waals surface area (Å²) in [5.74, 6) is 0.542. The van der Waals surface area contributed by atoms with Gasteiger partial charge in [-0.25, -0.2) is 4.79 Å². The zero-order chi connectivity index (χ0) is 21.6. The summed E-state index contributed by atoms with van der Waals surface area (Å²) >= 11 is 0. The molecule has 0 bridgehead atoms. The van der Waals surface area contributed by atoms with Crippen molar-refractivity contribution in [2.24, 2.45) is 0 Å². The average Bonchev–Trinajstić information content (AvgIpc) is 3.43. The minimum Gasteiger partial charge on any atom is -0.466 e. The third-order valence-electron chi connectivity index (χ3n) is 5.97. The second kappa shape index (κ2) is 9.75. The number of carbonyl (C=O) groups is 1. The van der Waals surface area contributed by atoms with E-state index in [0.29, 0.717) is 6.04 Å². The smallest absolute Gasteiger partial charge is 0.330 e. The largest absolute Gasteiger partial charge is 0.466 e. The van der Waals surface area contributed by atoms with Crippen molar-refractivity contribution in [2.75, 3.05) is 20.2 Å². The van der Waals surface area contributed by atoms with Gasteiger partial charge < -0.3 is 9.26 Å². The van der Waals surface area contributed by atoms with Gasteiger partial charge in [0.2, 0.25) is 0 Å². The van der Waals surface area contributed by atoms with E-state index < -0.39 is 0 Å². The zero-order valence-electron chi connectivity index (χ0n) is 18.1. The molecular formula is C26H28N2O3. The van der Waals surface area contributed by atoms with E-state index in [1.54, 1.807) is 6.08 Å². The van der Waals surface area contributed by atoms with Crippen molar-refractivity contribution < 1.29 is 14.1 Å². The highest BCUT2D eigenvalue weighted by Gasteiger charge is 2.26. The number of ether oxygens (including phenoxy) is 1. The van der Waals surface area contributed by atoms with Crippen molar-refractivity contribution in [3.63, 3.8) is 0 Å². The van der Waals surface area contributed by atoms with E-state index in [9.17, 15) is 4.79 Å². The first-order valence-corrected chi connectivity index (χ1v) is 10.8. The minimum atomic E-state index is -0.343. The fourth-order valence-electron chi connectivity index (χ4n) is 4.29. The maximum absolute atomic E-state index is 11.3. The maximum atomic E-state index is 11.3. The summed E-state index contributed by atoms with van der Waals surface area (Å²) in [4.78, 5) is 13.8. The number of hydrogen-bond donors (Lipinski definition) is 0. The number of nitrogens with zero attached hydrogens (tertiary/aromatic N) is 2. The monoisotopic (exact) mass is 416 g/mol. The number of rotatable bonds is 7. The van der Waals surface area contributed by atoms with Gasteiger partial charge in [-0.1, -0.05) is 59.8 Å². The molecule has 1 fully saturated rings. The predicted molar refractivity (Wildman–Crippen MR) is 121 cm³/mol. The van der Waals surface area contributed by atoms with E-state index in [4.69, 9.17) is 4.52 Å². The third kappa shape index (κ3) is 4.94. The number of methoxy groups -OCH3 is 1. The summed E-state index contributed by atoms with van der Waals surface area (Å²) in [5, 5.41) is 4.23. The van der Waals surface area contributed by atoms with Gasteiger partial charge >= 0.3 is 5.97 Å². The van der Waals surface area contributed by atoms with E-state index >= 15 is 0 Å². The molecule has 2 aromatic carbocycles. The highest BCUT2D eigenvalue weighted by molar-refractivity contribution is 5.86. The van der Waals surface area contributed by atoms with Crippen LogP contribution in [0.1, 0.15) is 41.3 Å². The van der Waals surface area contributed by atoms with E-state index in [1.165, 1.54) is 30.7 Å². The predicted octanol–water partition coefficient (Wildman–Crippen LogP) is 5.22. The van der Waals surface area contributed by atoms with E-state index in [1.807, 2.05) is 25.1 Å². The fourth-order valence-corrected chi connectivity index (χ4v) is 4.29. The van der Waals surface area contributed by atoms with Crippen LogP contribution in [0.5, 0.6) is 0 Å². The second-order valence-electron chi connectivity index (χ2n) is 7.91. The molecule has 1 saturated heterocycles. The Kier molecular flexibility index (Phi) is 6.63. The minimum absolute atomic E-state index is 0.343. The van der Waals surface area contributed by atoms with Gasteiger partial charge in [-0.15, -0.1) is 0 Å². The number of carbonyl (C=O) groups excluding carboxylic acids is 1. The Morgan fingerprint density at radius 2 is 1.97 bits per heavy atom. The van der Waals surface area contributed by atoms with Crippen LogP contribution in [-0.4, -0.2) is 36.2 Å². The van der Waals surface area contributed by atoms with Crippen molar-refractivity contribution >= 4 is 12.0 Å². The molecule has 4 rings (SSSR count). The molecule has 0 saturated carbocycles. The van der Waals surface area contributed by atoms with Crippen LogP contribution < -0.4 is 0 Å². The summed E-state index contributed by atoms with van der Waals surface area (Å²) in [6.45, 7) is 4.09. The Morgan fingerprint density at radius 3 is 2.71 bits per heavy atom. The lowest BCUT2D eigenvalue weighted by Crippen LogP contribution is -2.26. The SMILES string of the molecule is COC(=O)C=Cc1ccc(C2CCCN2CCc2c(C)noc2-c2ccccc2)cc1. The summed E-state index contributed by atoms with van der Waals surface area (Å²) in [6, 6.07) is 19.1. The third-order valence-corrected chi connectivity index (χ3v) is 5.97. The molecule has 5 nitrogen and oxygen atoms in total. The average molecular weight is 417 g/mol. The van der Waals surface area contributed by atoms with E-state index in [2.05, 4.69) is 51.2 Å². The molecule has 5 heteroatoms. The lowest BCUT2D eigenvalue weighted by atomic mass is 10.0. The summed E-state index contributed by atoms with van der Waals surface area (Å²) in [5.41, 5.74) is 5.55. The van der Waals surface area contributed by atoms with Crippen LogP contribution >= 0.6 is 0 Å². The Balaban J connectivity index is 1.44. The first-order valence-electron chi connectivity index (χ1n) is 10.8. The van der Waals surface area contributed by atoms with Gasteiger partial charge in [0, 0.05) is 29.8 Å². The molecule has 3 aromatic rings. The van der Waals surface area contributed by atoms with Gasteiger partial charge in [0.05, 0.1) is 12.8 Å². The molecular weight excluding hydrogens is 388 g/mol. The molecule has 31 heavy (non-hydrogen) atoms. The first-order chi connectivity index (χ1) is 15.2. The van der Waals surface area contributed by atoms with Crippen LogP contribution in [0.2, 0.25) is 0 Å². The normalized spacial score (nSPS) is 16.8. The summed E-state index contributed by atoms with van der Waals surface area (Å²) in [7, 11) is 1.38. The Morgan fingerprint density at radius 1 is 1.19 bits per heavy atom. The van der Waals surface area contributed by atoms with Crippen molar-refractivity contribution in [3.05, 3.63) is 83.1 Å². The van der Waals surface area contributed by atoms with Crippen LogP contribution in [0.4, 0.5) is 0 Å². The highest BCUT2D eigenvalue weighted by atomic mass is 16.5. The molecule has 0 N–H and O–H groups in total. The molecule has 0 aliphatic carbocycles. The molecule has 1 aliphatic rings. The number of aromatic nitrogens is 1. The summed E-state index contributed by atoms with van der Waals surface area (Å²) < 4.78 is 10.3. The lowest BCUT2D eigenvalue weighted by Gasteiger charge is -2.25. The van der Waals surface area contributed by atoms with E-state index in [0.717, 1.165) is 48.5 Å². The van der Waals surface area contributed by atoms with Crippen LogP contribution in [-0.2, 0) is 16.0 Å². The number of aryl methyl sites for hydroxylation is 1. The Hall–Kier alpha value is -3.18. The van der Waals surface area contributed by atoms with Crippen molar-refractivity contribution in [2.45, 2.75) is 32.2 Å². The molecule has 0 spiro atoms. The van der Waals surface area contributed by atoms with Gasteiger partial charge in [-0.3, -0.25) is 4.90 Å². The van der Waals surface area contributed by atoms with Crippen molar-refractivity contribution in [3.8, 4) is 11.3 Å². The Labute approximate surface area is 183 Å². The van der Waals surface area contributed by atoms with Crippen molar-refractivity contribution in [1.29, 1.82) is 0 Å². The van der Waals surface area contributed by atoms with Gasteiger partial charge in [0.1, 0.15) is 0 Å². The lowest BCUT2D eigenvalue weighted by molar-refractivity contribution is -0.134. The standard InChI is InChI=1S/C26H28N2O3/c1-19-23(26(31-27-19)22-7-4-3-5-8-22)16-18-28-17-6-9-24(28)21-13-10-20(11-14-21)12-15-25(29)30-2/h3-5,7-8,10-15,24H,6,9,16-18H2,1-2H3. The van der Waals surface area contributed by atoms with Crippen LogP contribution in [0.25, 0.3) is 17.4 Å². The zero-order valence-corrected chi connectivity index (χ0v) is 18.1. The van der Waals surface area contributed by atoms with Crippen LogP contribution in [0, 0.1) is 6.92 Å². The van der Waals surface area contributed by atoms with Crippen LogP contribution in [0.3, 0.4) is 0 Å². The van der Waals surface area contributed by atoms with Crippen molar-refractivity contribution in [1.82, 2.24) is 10.1 Å². The maximum Gasteiger partial charge on any atom is 0.330 e. The fraction of sp³-hybridized carbons (Fsp3) is 0.308. The second-order valence-corrected chi connectivity index (χ2v) is 7.91. The summed E-state index contributed by atoms with van der Waals surface area (Å²) in [6.07, 6.45) is 6.49. The topological polar surface area (TPSA) is 55.6 Å². The molecule has 2 heterocycles. The molecule has 160 valence electrons. The van der Waals surface area contributed by atoms with Gasteiger partial charge in [-0.2, -0.15) is 0 Å². The molecule has 0 amide bonds. The molecule has 0 radical (unpaired) electrons. The number of likely N-dealkylation sites (tertiary alicyclic amines) is 1. The molecule has 1 aromatic heterocycles. The molecule has 1 atom stereocenters. The quantitative estimate of drug-likeness (QED) is 0.391. The van der Waals surface area contributed by atoms with Gasteiger partial charge in [-0.05, 0) is 49.9 Å². The number of benzene rings is 2. The molecule has 1 aliphatic heterocycles. The highest BCUT2D eigenvalue weighted by Crippen LogP contribution is 2.33. The van der Waals surface area contributed by atoms with Gasteiger partial charge in [0.25, 0.3) is 0 Å². The number of hydrogen-bond acceptors (Lipinski definition) is 5. The van der Waals surface area contributed by atoms with E-state index in [-0.39, 0.29) is 5.97 Å². The Bertz CT molecular complexity index is 1040. The van der Waals surface area contributed by atoms with Crippen LogP contribution in [0.15, 0.2) is 65.2 Å². The molecule has 1 unspecified atom stereocenters. The first kappa shape index (κ1) is 21.1.